The van der Waals surface area contributed by atoms with Crippen LogP contribution >= 0.6 is 0 Å². The van der Waals surface area contributed by atoms with E-state index >= 15 is 0 Å². The van der Waals surface area contributed by atoms with Crippen LogP contribution in [-0.2, 0) is 16.6 Å². The summed E-state index contributed by atoms with van der Waals surface area (Å²) >= 11 is 0. The minimum atomic E-state index is -3.54. The molecule has 100 valence electrons. The highest BCUT2D eigenvalue weighted by atomic mass is 32.2. The highest BCUT2D eigenvalue weighted by molar-refractivity contribution is 7.89. The molecule has 1 aromatic rings. The minimum Gasteiger partial charge on any atom is -0.495 e. The van der Waals surface area contributed by atoms with Crippen LogP contribution < -0.4 is 15.2 Å². The van der Waals surface area contributed by atoms with E-state index in [-0.39, 0.29) is 10.9 Å². The van der Waals surface area contributed by atoms with E-state index in [9.17, 15) is 8.42 Å². The van der Waals surface area contributed by atoms with Gasteiger partial charge in [-0.2, -0.15) is 0 Å². The first-order valence-electron chi connectivity index (χ1n) is 5.87. The van der Waals surface area contributed by atoms with Crippen LogP contribution in [0.15, 0.2) is 23.1 Å². The maximum Gasteiger partial charge on any atom is 0.244 e. The Morgan fingerprint density at radius 3 is 2.67 bits per heavy atom. The van der Waals surface area contributed by atoms with E-state index in [1.165, 1.54) is 7.11 Å². The fourth-order valence-corrected chi connectivity index (χ4v) is 3.38. The molecule has 6 heteroatoms. The van der Waals surface area contributed by atoms with Gasteiger partial charge in [-0.1, -0.05) is 13.0 Å². The first-order chi connectivity index (χ1) is 8.47. The Bertz CT molecular complexity index is 542. The Morgan fingerprint density at radius 2 is 2.17 bits per heavy atom. The monoisotopic (exact) mass is 270 g/mol. The number of rotatable bonds is 5. The second-order valence-corrected chi connectivity index (χ2v) is 6.31. The van der Waals surface area contributed by atoms with Crippen LogP contribution in [0.3, 0.4) is 0 Å². The summed E-state index contributed by atoms with van der Waals surface area (Å²) in [4.78, 5) is 0.159. The van der Waals surface area contributed by atoms with E-state index in [1.54, 1.807) is 18.2 Å². The lowest BCUT2D eigenvalue weighted by atomic mass is 10.2. The number of hydrogen-bond acceptors (Lipinski definition) is 4. The average Bonchev–Trinajstić information content (AvgIpc) is 3.03. The second-order valence-electron chi connectivity index (χ2n) is 4.63. The van der Waals surface area contributed by atoms with Gasteiger partial charge in [-0.05, 0) is 30.0 Å². The first-order valence-corrected chi connectivity index (χ1v) is 7.35. The summed E-state index contributed by atoms with van der Waals surface area (Å²) in [7, 11) is -2.08. The number of hydrogen-bond donors (Lipinski definition) is 2. The number of sulfonamides is 1. The number of ether oxygens (including phenoxy) is 1. The first kappa shape index (κ1) is 13.3. The van der Waals surface area contributed by atoms with Crippen molar-refractivity contribution in [3.05, 3.63) is 23.8 Å². The lowest BCUT2D eigenvalue weighted by Gasteiger charge is -2.11. The van der Waals surface area contributed by atoms with Crippen molar-refractivity contribution in [3.63, 3.8) is 0 Å². The van der Waals surface area contributed by atoms with E-state index in [0.717, 1.165) is 12.0 Å². The van der Waals surface area contributed by atoms with Gasteiger partial charge < -0.3 is 10.5 Å². The smallest absolute Gasteiger partial charge is 0.244 e. The lowest BCUT2D eigenvalue weighted by Crippen LogP contribution is -2.27. The molecule has 2 atom stereocenters. The Labute approximate surface area is 107 Å². The third-order valence-corrected chi connectivity index (χ3v) is 4.68. The summed E-state index contributed by atoms with van der Waals surface area (Å²) in [5, 5.41) is 0. The molecule has 0 aliphatic heterocycles. The largest absolute Gasteiger partial charge is 0.495 e. The van der Waals surface area contributed by atoms with E-state index in [2.05, 4.69) is 4.72 Å². The number of methoxy groups -OCH3 is 1. The third kappa shape index (κ3) is 2.66. The predicted octanol–water partition coefficient (Wildman–Crippen LogP) is 0.841. The van der Waals surface area contributed by atoms with Crippen molar-refractivity contribution < 1.29 is 13.2 Å². The van der Waals surface area contributed by atoms with E-state index in [1.807, 2.05) is 6.92 Å². The van der Waals surface area contributed by atoms with Crippen LogP contribution in [0, 0.1) is 5.92 Å². The van der Waals surface area contributed by atoms with Gasteiger partial charge in [-0.3, -0.25) is 0 Å². The quantitative estimate of drug-likeness (QED) is 0.830. The molecule has 2 rings (SSSR count). The fourth-order valence-electron chi connectivity index (χ4n) is 1.81. The molecular weight excluding hydrogens is 252 g/mol. The molecule has 1 fully saturated rings. The molecule has 1 aromatic carbocycles. The molecule has 18 heavy (non-hydrogen) atoms. The molecule has 0 saturated heterocycles. The van der Waals surface area contributed by atoms with E-state index in [4.69, 9.17) is 10.5 Å². The fraction of sp³-hybridized carbons (Fsp3) is 0.500. The lowest BCUT2D eigenvalue weighted by molar-refractivity contribution is 0.402. The zero-order valence-electron chi connectivity index (χ0n) is 10.5. The van der Waals surface area contributed by atoms with Gasteiger partial charge in [0.2, 0.25) is 10.0 Å². The molecule has 0 spiro atoms. The van der Waals surface area contributed by atoms with Crippen molar-refractivity contribution in [1.29, 1.82) is 0 Å². The van der Waals surface area contributed by atoms with Gasteiger partial charge in [0.15, 0.2) is 0 Å². The minimum absolute atomic E-state index is 0.0428. The van der Waals surface area contributed by atoms with Crippen LogP contribution in [-0.4, -0.2) is 21.6 Å². The normalized spacial score (nSPS) is 22.8. The molecule has 0 bridgehead atoms. The molecule has 0 amide bonds. The molecule has 5 nitrogen and oxygen atoms in total. The zero-order chi connectivity index (χ0) is 13.3. The molecule has 2 unspecified atom stereocenters. The van der Waals surface area contributed by atoms with Crippen molar-refractivity contribution in [2.24, 2.45) is 11.7 Å². The van der Waals surface area contributed by atoms with Gasteiger partial charge >= 0.3 is 0 Å². The van der Waals surface area contributed by atoms with E-state index < -0.39 is 10.0 Å². The third-order valence-electron chi connectivity index (χ3n) is 3.17. The van der Waals surface area contributed by atoms with Crippen molar-refractivity contribution in [2.45, 2.75) is 30.8 Å². The summed E-state index contributed by atoms with van der Waals surface area (Å²) in [5.74, 6) is 0.747. The maximum absolute atomic E-state index is 12.2. The van der Waals surface area contributed by atoms with Crippen molar-refractivity contribution in [3.8, 4) is 5.75 Å². The number of nitrogens with one attached hydrogen (secondary N) is 1. The number of benzene rings is 1. The molecule has 1 saturated carbocycles. The summed E-state index contributed by atoms with van der Waals surface area (Å²) < 4.78 is 32.3. The van der Waals surface area contributed by atoms with E-state index in [0.29, 0.717) is 18.2 Å². The number of nitrogens with two attached hydrogens (primary N) is 1. The summed E-state index contributed by atoms with van der Waals surface area (Å²) in [5.41, 5.74) is 6.30. The Balaban J connectivity index is 2.35. The molecule has 1 aliphatic rings. The summed E-state index contributed by atoms with van der Waals surface area (Å²) in [6.07, 6.45) is 0.887. The standard InChI is InChI=1S/C12H18N2O3S/c1-8-5-10(8)14-18(15,16)12-6-9(7-13)3-4-11(12)17-2/h3-4,6,8,10,14H,5,7,13H2,1-2H3. The second kappa shape index (κ2) is 4.87. The Kier molecular flexibility index (Phi) is 3.61. The molecule has 0 radical (unpaired) electrons. The molecule has 0 aromatic heterocycles. The average molecular weight is 270 g/mol. The van der Waals surface area contributed by atoms with Gasteiger partial charge in [0.05, 0.1) is 7.11 Å². The van der Waals surface area contributed by atoms with Gasteiger partial charge in [0, 0.05) is 12.6 Å². The molecule has 1 aliphatic carbocycles. The SMILES string of the molecule is COc1ccc(CN)cc1S(=O)(=O)NC1CC1C. The van der Waals surface area contributed by atoms with Crippen LogP contribution in [0.4, 0.5) is 0 Å². The maximum atomic E-state index is 12.2. The summed E-state index contributed by atoms with van der Waals surface area (Å²) in [6, 6.07) is 5.00. The van der Waals surface area contributed by atoms with Gasteiger partial charge in [-0.25, -0.2) is 13.1 Å². The van der Waals surface area contributed by atoms with Crippen LogP contribution in [0.5, 0.6) is 5.75 Å². The Morgan fingerprint density at radius 1 is 1.50 bits per heavy atom. The van der Waals surface area contributed by atoms with Crippen molar-refractivity contribution >= 4 is 10.0 Å². The van der Waals surface area contributed by atoms with Crippen LogP contribution in [0.2, 0.25) is 0 Å². The van der Waals surface area contributed by atoms with Gasteiger partial charge in [-0.15, -0.1) is 0 Å². The van der Waals surface area contributed by atoms with Crippen LogP contribution in [0.25, 0.3) is 0 Å². The predicted molar refractivity (Wildman–Crippen MR) is 68.8 cm³/mol. The van der Waals surface area contributed by atoms with Crippen molar-refractivity contribution in [2.75, 3.05) is 7.11 Å². The van der Waals surface area contributed by atoms with Crippen LogP contribution in [0.1, 0.15) is 18.9 Å². The zero-order valence-corrected chi connectivity index (χ0v) is 11.3. The highest BCUT2D eigenvalue weighted by Crippen LogP contribution is 2.32. The summed E-state index contributed by atoms with van der Waals surface area (Å²) in [6.45, 7) is 2.31. The highest BCUT2D eigenvalue weighted by Gasteiger charge is 2.37. The Hall–Kier alpha value is -1.11. The molecular formula is C12H18N2O3S. The topological polar surface area (TPSA) is 81.4 Å². The van der Waals surface area contributed by atoms with Gasteiger partial charge in [0.1, 0.15) is 10.6 Å². The molecule has 3 N–H and O–H groups in total. The van der Waals surface area contributed by atoms with Crippen molar-refractivity contribution in [1.82, 2.24) is 4.72 Å². The molecule has 0 heterocycles. The van der Waals surface area contributed by atoms with Gasteiger partial charge in [0.25, 0.3) is 0 Å².